The molecule has 2 aliphatic carbocycles. The van der Waals surface area contributed by atoms with E-state index < -0.39 is 202 Å². The first-order valence-corrected chi connectivity index (χ1v) is 22.3. The van der Waals surface area contributed by atoms with Gasteiger partial charge in [-0.1, -0.05) is 12.1 Å². The van der Waals surface area contributed by atoms with Gasteiger partial charge in [0.2, 0.25) is 12.1 Å². The predicted molar refractivity (Wildman–Crippen MR) is 224 cm³/mol. The first-order valence-electron chi connectivity index (χ1n) is 22.3. The summed E-state index contributed by atoms with van der Waals surface area (Å²) in [6.45, 7) is -1.94. The minimum atomic E-state index is -2.34. The number of rotatable bonds is 13. The van der Waals surface area contributed by atoms with Crippen LogP contribution < -0.4 is 15.2 Å². The number of Topliss-reactive ketones (excluding diaryl/α,β-unsaturated/α-hetero) is 1. The zero-order chi connectivity index (χ0) is 50.8. The van der Waals surface area contributed by atoms with Gasteiger partial charge in [-0.25, -0.2) is 0 Å². The largest absolute Gasteiger partial charge is 0.507 e. The molecular weight excluding hydrogens is 942 g/mol. The van der Waals surface area contributed by atoms with Crippen molar-refractivity contribution in [3.05, 3.63) is 51.6 Å². The lowest BCUT2D eigenvalue weighted by Crippen LogP contribution is -2.62. The molecule has 0 radical (unpaired) electrons. The second-order valence-corrected chi connectivity index (χ2v) is 18.1. The maximum atomic E-state index is 14.8. The average molecular weight is 1000 g/mol. The van der Waals surface area contributed by atoms with Gasteiger partial charge in [0, 0.05) is 42.0 Å². The predicted octanol–water partition coefficient (Wildman–Crippen LogP) is -6.24. The van der Waals surface area contributed by atoms with Crippen molar-refractivity contribution in [3.8, 4) is 17.2 Å². The third-order valence-electron chi connectivity index (χ3n) is 13.8. The van der Waals surface area contributed by atoms with Crippen LogP contribution in [0.1, 0.15) is 68.8 Å². The Bertz CT molecular complexity index is 2280. The van der Waals surface area contributed by atoms with Gasteiger partial charge in [0.05, 0.1) is 62.4 Å². The molecule has 15 N–H and O–H groups in total. The van der Waals surface area contributed by atoms with Gasteiger partial charge in [-0.05, 0) is 13.0 Å². The number of phenols is 1. The molecule has 20 atom stereocenters. The molecule has 2 aromatic carbocycles. The highest BCUT2D eigenvalue weighted by molar-refractivity contribution is 6.31. The number of methoxy groups -OCH3 is 1. The number of hydrogen-bond acceptors (Lipinski definition) is 26. The molecule has 26 heteroatoms. The van der Waals surface area contributed by atoms with Crippen LogP contribution in [0.4, 0.5) is 0 Å². The Morgan fingerprint density at radius 2 is 1.29 bits per heavy atom. The first-order chi connectivity index (χ1) is 33.2. The molecule has 2 aromatic rings. The molecule has 0 bridgehead atoms. The second-order valence-electron chi connectivity index (χ2n) is 18.1. The number of nitrogens with two attached hydrogens (primary N) is 1. The molecule has 4 aliphatic heterocycles. The lowest BCUT2D eigenvalue weighted by molar-refractivity contribution is -0.331. The van der Waals surface area contributed by atoms with Gasteiger partial charge in [-0.2, -0.15) is 0 Å². The third kappa shape index (κ3) is 9.02. The van der Waals surface area contributed by atoms with Gasteiger partial charge < -0.3 is 115 Å². The van der Waals surface area contributed by atoms with Crippen LogP contribution in [-0.4, -0.2) is 233 Å². The number of benzene rings is 2. The van der Waals surface area contributed by atoms with Crippen molar-refractivity contribution in [2.24, 2.45) is 5.73 Å². The molecular formula is C44H57NO25. The number of hydrogen-bond donors (Lipinski definition) is 14. The van der Waals surface area contributed by atoms with Crippen LogP contribution in [0.25, 0.3) is 0 Å². The molecule has 0 saturated carbocycles. The van der Waals surface area contributed by atoms with E-state index in [0.717, 1.165) is 6.92 Å². The molecule has 388 valence electrons. The summed E-state index contributed by atoms with van der Waals surface area (Å²) in [5.41, 5.74) is 1.63. The fourth-order valence-corrected chi connectivity index (χ4v) is 9.78. The van der Waals surface area contributed by atoms with E-state index in [0.29, 0.717) is 0 Å². The molecule has 0 aromatic heterocycles. The monoisotopic (exact) mass is 999 g/mol. The number of carbonyl (C=O) groups excluding carboxylic acids is 3. The van der Waals surface area contributed by atoms with Gasteiger partial charge in [0.1, 0.15) is 96.1 Å². The van der Waals surface area contributed by atoms with Crippen molar-refractivity contribution in [3.63, 3.8) is 0 Å². The molecule has 4 saturated heterocycles. The summed E-state index contributed by atoms with van der Waals surface area (Å²) in [6, 6.07) is 3.01. The van der Waals surface area contributed by atoms with E-state index in [1.807, 2.05) is 0 Å². The summed E-state index contributed by atoms with van der Waals surface area (Å²) in [5.74, 6) is -4.43. The summed E-state index contributed by atoms with van der Waals surface area (Å²) in [6.07, 6.45) is -33.3. The second kappa shape index (κ2) is 20.5. The molecule has 0 spiro atoms. The normalized spacial score (nSPS) is 40.8. The van der Waals surface area contributed by atoms with Crippen molar-refractivity contribution in [2.75, 3.05) is 33.5 Å². The van der Waals surface area contributed by atoms with E-state index in [1.165, 1.54) is 25.3 Å². The van der Waals surface area contributed by atoms with E-state index in [2.05, 4.69) is 0 Å². The molecule has 70 heavy (non-hydrogen) atoms. The maximum absolute atomic E-state index is 14.8. The van der Waals surface area contributed by atoms with E-state index in [4.69, 9.17) is 48.4 Å². The summed E-state index contributed by atoms with van der Waals surface area (Å²) >= 11 is 0. The average Bonchev–Trinajstić information content (AvgIpc) is 3.34. The SMILES string of the molecule is COc1cccc2c1C(=O)c1c(O)c3c(c(OC4OC(CO)C(O)C(O)C4O)c1C2=O)C[C@@](OC1OC(CO)C(O)C(O)C1O)(C(C)=O)C[C@@H]3OC1CC(N)C(OC2OC(CO)C(O)C(O)C2O)CO1. The molecule has 18 unspecified atom stereocenters. The zero-order valence-electron chi connectivity index (χ0n) is 37.4. The van der Waals surface area contributed by atoms with Gasteiger partial charge in [0.25, 0.3) is 0 Å². The highest BCUT2D eigenvalue weighted by atomic mass is 16.7. The van der Waals surface area contributed by atoms with Crippen LogP contribution >= 0.6 is 0 Å². The Kier molecular flexibility index (Phi) is 15.4. The van der Waals surface area contributed by atoms with E-state index in [1.54, 1.807) is 0 Å². The number of phenolic OH excluding ortho intramolecular Hbond substituents is 1. The Hall–Kier alpha value is -3.95. The van der Waals surface area contributed by atoms with E-state index >= 15 is 0 Å². The summed E-state index contributed by atoms with van der Waals surface area (Å²) < 4.78 is 53.1. The highest BCUT2D eigenvalue weighted by Gasteiger charge is 2.56. The number of aromatic hydroxyl groups is 1. The summed E-state index contributed by atoms with van der Waals surface area (Å²) in [7, 11) is 1.23. The van der Waals surface area contributed by atoms with Gasteiger partial charge in [-0.15, -0.1) is 0 Å². The summed E-state index contributed by atoms with van der Waals surface area (Å²) in [4.78, 5) is 43.8. The number of aliphatic hydroxyl groups excluding tert-OH is 12. The van der Waals surface area contributed by atoms with Crippen molar-refractivity contribution in [1.82, 2.24) is 0 Å². The summed E-state index contributed by atoms with van der Waals surface area (Å²) in [5, 5.41) is 138. The third-order valence-corrected chi connectivity index (χ3v) is 13.8. The van der Waals surface area contributed by atoms with Crippen LogP contribution in [0.2, 0.25) is 0 Å². The van der Waals surface area contributed by atoms with Gasteiger partial charge >= 0.3 is 0 Å². The van der Waals surface area contributed by atoms with E-state index in [-0.39, 0.29) is 34.4 Å². The van der Waals surface area contributed by atoms with E-state index in [9.17, 15) is 80.8 Å². The van der Waals surface area contributed by atoms with Crippen molar-refractivity contribution in [2.45, 2.75) is 148 Å². The lowest BCUT2D eigenvalue weighted by Gasteiger charge is -2.47. The highest BCUT2D eigenvalue weighted by Crippen LogP contribution is 2.54. The van der Waals surface area contributed by atoms with Crippen molar-refractivity contribution >= 4 is 17.3 Å². The number of fused-ring (bicyclic) bond motifs is 3. The minimum Gasteiger partial charge on any atom is -0.507 e. The topological polar surface area (TPSA) is 423 Å². The first kappa shape index (κ1) is 52.4. The van der Waals surface area contributed by atoms with Crippen molar-refractivity contribution in [1.29, 1.82) is 0 Å². The zero-order valence-corrected chi connectivity index (χ0v) is 37.4. The Balaban J connectivity index is 1.25. The van der Waals surface area contributed by atoms with Crippen LogP contribution in [0.3, 0.4) is 0 Å². The van der Waals surface area contributed by atoms with Gasteiger partial charge in [0.15, 0.2) is 30.4 Å². The Morgan fingerprint density at radius 3 is 1.84 bits per heavy atom. The van der Waals surface area contributed by atoms with Crippen LogP contribution in [-0.2, 0) is 44.4 Å². The van der Waals surface area contributed by atoms with Crippen LogP contribution in [0, 0.1) is 0 Å². The fraction of sp³-hybridized carbons (Fsp3) is 0.659. The molecule has 0 amide bonds. The lowest BCUT2D eigenvalue weighted by atomic mass is 9.71. The Labute approximate surface area is 396 Å². The van der Waals surface area contributed by atoms with Crippen LogP contribution in [0.5, 0.6) is 17.2 Å². The Morgan fingerprint density at radius 1 is 0.729 bits per heavy atom. The maximum Gasteiger partial charge on any atom is 0.229 e. The molecule has 4 fully saturated rings. The smallest absolute Gasteiger partial charge is 0.229 e. The number of carbonyl (C=O) groups is 3. The van der Waals surface area contributed by atoms with Crippen LogP contribution in [0.15, 0.2) is 18.2 Å². The molecule has 8 rings (SSSR count). The molecule has 4 heterocycles. The molecule has 6 aliphatic rings. The standard InChI is InChI=1S/C44H57NO25/c1-13(49)44(70-43-39(61)36(58)31(53)21(11-48)67-43)7-15-25(18(8-44)64-23-6-16(45)22(12-63-23)68-41-37(59)34(56)29(51)19(9-46)65-41)33(55)26-27(28(50)14-4-3-5-17(62-2)24(14)32(26)54)40(15)69-42-38(60)35(57)30(52)20(10-47)66-42/h3-5,16,18-23,29-31,34-39,41-43,46-48,51-53,55-61H,6-12,45H2,1-2H3/t16?,18-,19?,20?,21?,22?,23?,29?,30?,31?,34?,35?,36?,37?,38?,39?,41?,42?,43?,44-/m0/s1. The number of ether oxygens (including phenoxy) is 9. The van der Waals surface area contributed by atoms with Crippen molar-refractivity contribution < 1.29 is 123 Å². The van der Waals surface area contributed by atoms with Gasteiger partial charge in [-0.3, -0.25) is 14.4 Å². The molecule has 26 nitrogen and oxygen atoms in total. The quantitative estimate of drug-likeness (QED) is 0.0757. The number of ketones is 3. The number of aliphatic hydroxyl groups is 12. The minimum absolute atomic E-state index is 0.0728. The fourth-order valence-electron chi connectivity index (χ4n) is 9.78.